The summed E-state index contributed by atoms with van der Waals surface area (Å²) in [5.74, 6) is 1.02. The van der Waals surface area contributed by atoms with Gasteiger partial charge in [0.1, 0.15) is 0 Å². The lowest BCUT2D eigenvalue weighted by Crippen LogP contribution is -2.38. The van der Waals surface area contributed by atoms with Gasteiger partial charge in [-0.25, -0.2) is 4.98 Å². The molecule has 0 radical (unpaired) electrons. The summed E-state index contributed by atoms with van der Waals surface area (Å²) in [6.07, 6.45) is 5.25. The molecule has 3 rings (SSSR count). The molecular weight excluding hydrogens is 382 g/mol. The minimum absolute atomic E-state index is 0.00282. The van der Waals surface area contributed by atoms with Gasteiger partial charge in [0.05, 0.1) is 16.7 Å². The molecule has 1 fully saturated rings. The summed E-state index contributed by atoms with van der Waals surface area (Å²) < 4.78 is 1.66. The van der Waals surface area contributed by atoms with Gasteiger partial charge in [0.15, 0.2) is 5.16 Å². The first-order chi connectivity index (χ1) is 13.0. The van der Waals surface area contributed by atoms with Crippen LogP contribution in [0, 0.1) is 5.92 Å². The first kappa shape index (κ1) is 20.2. The van der Waals surface area contributed by atoms with E-state index in [0.717, 1.165) is 25.2 Å². The smallest absolute Gasteiger partial charge is 0.262 e. The van der Waals surface area contributed by atoms with Crippen molar-refractivity contribution < 1.29 is 4.79 Å². The second kappa shape index (κ2) is 9.11. The van der Waals surface area contributed by atoms with Crippen LogP contribution in [0.25, 0.3) is 10.9 Å². The van der Waals surface area contributed by atoms with Crippen LogP contribution in [0.15, 0.2) is 28.2 Å². The lowest BCUT2D eigenvalue weighted by molar-refractivity contribution is -0.119. The fraction of sp³-hybridized carbons (Fsp3) is 0.550. The SMILES string of the molecule is CCCn1c(SCC(=O)NC2CCC(C)CC2)nc2cc(Cl)ccc2c1=O. The van der Waals surface area contributed by atoms with E-state index < -0.39 is 0 Å². The molecule has 0 unspecified atom stereocenters. The third-order valence-electron chi connectivity index (χ3n) is 5.04. The predicted octanol–water partition coefficient (Wildman–Crippen LogP) is 4.25. The van der Waals surface area contributed by atoms with Crippen LogP contribution in [0.4, 0.5) is 0 Å². The Morgan fingerprint density at radius 2 is 2.07 bits per heavy atom. The Morgan fingerprint density at radius 3 is 2.78 bits per heavy atom. The molecule has 1 N–H and O–H groups in total. The van der Waals surface area contributed by atoms with Gasteiger partial charge < -0.3 is 5.32 Å². The van der Waals surface area contributed by atoms with Crippen molar-refractivity contribution in [2.75, 3.05) is 5.75 Å². The Hall–Kier alpha value is -1.53. The molecule has 0 spiro atoms. The highest BCUT2D eigenvalue weighted by Gasteiger charge is 2.20. The lowest BCUT2D eigenvalue weighted by atomic mass is 9.87. The number of rotatable bonds is 6. The lowest BCUT2D eigenvalue weighted by Gasteiger charge is -2.26. The minimum atomic E-state index is -0.0808. The van der Waals surface area contributed by atoms with E-state index in [0.29, 0.717) is 27.6 Å². The number of aromatic nitrogens is 2. The van der Waals surface area contributed by atoms with Crippen molar-refractivity contribution in [2.24, 2.45) is 5.92 Å². The van der Waals surface area contributed by atoms with Gasteiger partial charge >= 0.3 is 0 Å². The standard InChI is InChI=1S/C20H26ClN3O2S/c1-3-10-24-19(26)16-9-6-14(21)11-17(16)23-20(24)27-12-18(25)22-15-7-4-13(2)5-8-15/h6,9,11,13,15H,3-5,7-8,10,12H2,1-2H3,(H,22,25). The Morgan fingerprint density at radius 1 is 1.33 bits per heavy atom. The highest BCUT2D eigenvalue weighted by molar-refractivity contribution is 7.99. The summed E-state index contributed by atoms with van der Waals surface area (Å²) in [7, 11) is 0. The van der Waals surface area contributed by atoms with Crippen LogP contribution < -0.4 is 10.9 Å². The first-order valence-electron chi connectivity index (χ1n) is 9.60. The predicted molar refractivity (Wildman–Crippen MR) is 112 cm³/mol. The quantitative estimate of drug-likeness (QED) is 0.574. The van der Waals surface area contributed by atoms with Crippen molar-refractivity contribution in [3.8, 4) is 0 Å². The maximum absolute atomic E-state index is 12.8. The largest absolute Gasteiger partial charge is 0.353 e. The number of benzene rings is 1. The molecule has 1 aliphatic rings. The van der Waals surface area contributed by atoms with E-state index in [2.05, 4.69) is 17.2 Å². The molecule has 1 aliphatic carbocycles. The van der Waals surface area contributed by atoms with Crippen molar-refractivity contribution in [1.82, 2.24) is 14.9 Å². The molecule has 146 valence electrons. The van der Waals surface area contributed by atoms with E-state index in [1.165, 1.54) is 24.6 Å². The number of nitrogens with one attached hydrogen (secondary N) is 1. The van der Waals surface area contributed by atoms with Crippen LogP contribution in [0.5, 0.6) is 0 Å². The number of halogens is 1. The van der Waals surface area contributed by atoms with E-state index in [1.54, 1.807) is 22.8 Å². The number of hydrogen-bond donors (Lipinski definition) is 1. The Bertz CT molecular complexity index is 875. The Labute approximate surface area is 168 Å². The fourth-order valence-electron chi connectivity index (χ4n) is 3.51. The Kier molecular flexibility index (Phi) is 6.82. The Balaban J connectivity index is 1.74. The van der Waals surface area contributed by atoms with Gasteiger partial charge in [-0.15, -0.1) is 0 Å². The molecule has 0 atom stereocenters. The maximum Gasteiger partial charge on any atom is 0.262 e. The van der Waals surface area contributed by atoms with E-state index in [9.17, 15) is 9.59 Å². The van der Waals surface area contributed by atoms with Crippen molar-refractivity contribution >= 4 is 40.2 Å². The summed E-state index contributed by atoms with van der Waals surface area (Å²) in [5.41, 5.74) is 0.492. The number of fused-ring (bicyclic) bond motifs is 1. The third kappa shape index (κ3) is 5.05. The van der Waals surface area contributed by atoms with Gasteiger partial charge in [0.2, 0.25) is 5.91 Å². The van der Waals surface area contributed by atoms with E-state index in [-0.39, 0.29) is 23.3 Å². The normalized spacial score (nSPS) is 20.0. The van der Waals surface area contributed by atoms with Crippen molar-refractivity contribution in [3.63, 3.8) is 0 Å². The molecule has 0 bridgehead atoms. The molecule has 7 heteroatoms. The molecule has 5 nitrogen and oxygen atoms in total. The highest BCUT2D eigenvalue weighted by atomic mass is 35.5. The second-order valence-corrected chi connectivity index (χ2v) is 8.70. The molecular formula is C20H26ClN3O2S. The van der Waals surface area contributed by atoms with Gasteiger partial charge in [-0.2, -0.15) is 0 Å². The zero-order valence-corrected chi connectivity index (χ0v) is 17.4. The van der Waals surface area contributed by atoms with Crippen LogP contribution in [-0.2, 0) is 11.3 Å². The topological polar surface area (TPSA) is 64.0 Å². The van der Waals surface area contributed by atoms with Crippen LogP contribution in [0.3, 0.4) is 0 Å². The third-order valence-corrected chi connectivity index (χ3v) is 6.25. The monoisotopic (exact) mass is 407 g/mol. The van der Waals surface area contributed by atoms with E-state index in [1.807, 2.05) is 6.92 Å². The van der Waals surface area contributed by atoms with Gasteiger partial charge in [0, 0.05) is 17.6 Å². The molecule has 1 heterocycles. The fourth-order valence-corrected chi connectivity index (χ4v) is 4.51. The number of hydrogen-bond acceptors (Lipinski definition) is 4. The van der Waals surface area contributed by atoms with Gasteiger partial charge in [-0.05, 0) is 56.2 Å². The highest BCUT2D eigenvalue weighted by Crippen LogP contribution is 2.24. The van der Waals surface area contributed by atoms with Crippen LogP contribution >= 0.6 is 23.4 Å². The molecule has 1 aromatic carbocycles. The molecule has 0 saturated heterocycles. The summed E-state index contributed by atoms with van der Waals surface area (Å²) in [6, 6.07) is 5.39. The van der Waals surface area contributed by atoms with Crippen LogP contribution in [-0.4, -0.2) is 27.3 Å². The number of thioether (sulfide) groups is 1. The zero-order chi connectivity index (χ0) is 19.4. The summed E-state index contributed by atoms with van der Waals surface area (Å²) in [5, 5.41) is 4.80. The molecule has 0 aliphatic heterocycles. The summed E-state index contributed by atoms with van der Waals surface area (Å²) in [4.78, 5) is 29.8. The summed E-state index contributed by atoms with van der Waals surface area (Å²) >= 11 is 7.37. The molecule has 1 amide bonds. The number of nitrogens with zero attached hydrogens (tertiary/aromatic N) is 2. The van der Waals surface area contributed by atoms with E-state index in [4.69, 9.17) is 11.6 Å². The minimum Gasteiger partial charge on any atom is -0.353 e. The zero-order valence-electron chi connectivity index (χ0n) is 15.8. The first-order valence-corrected chi connectivity index (χ1v) is 11.0. The molecule has 27 heavy (non-hydrogen) atoms. The van der Waals surface area contributed by atoms with Gasteiger partial charge in [0.25, 0.3) is 5.56 Å². The van der Waals surface area contributed by atoms with Gasteiger partial charge in [-0.1, -0.05) is 37.2 Å². The molecule has 2 aromatic rings. The van der Waals surface area contributed by atoms with Crippen molar-refractivity contribution in [3.05, 3.63) is 33.6 Å². The summed E-state index contributed by atoms with van der Waals surface area (Å²) in [6.45, 7) is 4.86. The average Bonchev–Trinajstić information content (AvgIpc) is 2.64. The van der Waals surface area contributed by atoms with Crippen LogP contribution in [0.2, 0.25) is 5.02 Å². The molecule has 1 aromatic heterocycles. The number of carbonyl (C=O) groups excluding carboxylic acids is 1. The van der Waals surface area contributed by atoms with Crippen molar-refractivity contribution in [1.29, 1.82) is 0 Å². The number of amides is 1. The van der Waals surface area contributed by atoms with E-state index >= 15 is 0 Å². The van der Waals surface area contributed by atoms with Crippen molar-refractivity contribution in [2.45, 2.75) is 63.7 Å². The molecule has 1 saturated carbocycles. The average molecular weight is 408 g/mol. The number of carbonyl (C=O) groups is 1. The van der Waals surface area contributed by atoms with Crippen LogP contribution in [0.1, 0.15) is 46.0 Å². The van der Waals surface area contributed by atoms with Gasteiger partial charge in [-0.3, -0.25) is 14.2 Å². The maximum atomic E-state index is 12.8. The second-order valence-electron chi connectivity index (χ2n) is 7.33.